The van der Waals surface area contributed by atoms with Crippen molar-refractivity contribution in [1.82, 2.24) is 9.55 Å². The van der Waals surface area contributed by atoms with Gasteiger partial charge < -0.3 is 9.67 Å². The summed E-state index contributed by atoms with van der Waals surface area (Å²) in [4.78, 5) is 16.0. The van der Waals surface area contributed by atoms with Gasteiger partial charge in [-0.1, -0.05) is 0 Å². The highest BCUT2D eigenvalue weighted by atomic mass is 16.4. The van der Waals surface area contributed by atoms with Crippen molar-refractivity contribution in [3.05, 3.63) is 17.7 Å². The predicted octanol–water partition coefficient (Wildman–Crippen LogP) is 2.59. The molecule has 4 aliphatic carbocycles. The molecule has 1 N–H and O–H groups in total. The number of aromatic carboxylic acids is 1. The van der Waals surface area contributed by atoms with E-state index in [1.54, 1.807) is 17.9 Å². The third-order valence-corrected chi connectivity index (χ3v) is 5.68. The standard InChI is InChI=1S/C15H20N2O2/c1-17-8-16-13(12(17)14(18)19)15-5-9-2-10(6-15)4-11(3-9)7-15/h8-11H,2-7H2,1H3,(H,18,19). The molecular formula is C15H20N2O2. The number of rotatable bonds is 2. The van der Waals surface area contributed by atoms with Gasteiger partial charge in [0.1, 0.15) is 0 Å². The van der Waals surface area contributed by atoms with Gasteiger partial charge in [-0.3, -0.25) is 0 Å². The number of aryl methyl sites for hydroxylation is 1. The molecule has 4 nitrogen and oxygen atoms in total. The lowest BCUT2D eigenvalue weighted by Crippen LogP contribution is -2.49. The van der Waals surface area contributed by atoms with Crippen LogP contribution < -0.4 is 0 Å². The fourth-order valence-corrected chi connectivity index (χ4v) is 5.47. The lowest BCUT2D eigenvalue weighted by Gasteiger charge is -2.56. The van der Waals surface area contributed by atoms with Crippen molar-refractivity contribution in [2.75, 3.05) is 0 Å². The zero-order chi connectivity index (χ0) is 13.2. The summed E-state index contributed by atoms with van der Waals surface area (Å²) >= 11 is 0. The van der Waals surface area contributed by atoms with Crippen molar-refractivity contribution in [3.8, 4) is 0 Å². The second kappa shape index (κ2) is 3.62. The Morgan fingerprint density at radius 3 is 2.26 bits per heavy atom. The van der Waals surface area contributed by atoms with E-state index >= 15 is 0 Å². The molecule has 5 rings (SSSR count). The molecule has 19 heavy (non-hydrogen) atoms. The number of hydrogen-bond donors (Lipinski definition) is 1. The monoisotopic (exact) mass is 260 g/mol. The van der Waals surface area contributed by atoms with Crippen LogP contribution in [-0.2, 0) is 12.5 Å². The summed E-state index contributed by atoms with van der Waals surface area (Å²) in [5, 5.41) is 9.48. The van der Waals surface area contributed by atoms with E-state index < -0.39 is 5.97 Å². The van der Waals surface area contributed by atoms with Crippen molar-refractivity contribution in [1.29, 1.82) is 0 Å². The zero-order valence-corrected chi connectivity index (χ0v) is 11.3. The van der Waals surface area contributed by atoms with Gasteiger partial charge in [-0.2, -0.15) is 0 Å². The lowest BCUT2D eigenvalue weighted by atomic mass is 9.48. The summed E-state index contributed by atoms with van der Waals surface area (Å²) in [5.74, 6) is 1.62. The first-order valence-electron chi connectivity index (χ1n) is 7.32. The number of aromatic nitrogens is 2. The largest absolute Gasteiger partial charge is 0.477 e. The van der Waals surface area contributed by atoms with E-state index in [1.807, 2.05) is 0 Å². The fourth-order valence-electron chi connectivity index (χ4n) is 5.47. The molecule has 0 spiro atoms. The molecular weight excluding hydrogens is 240 g/mol. The Morgan fingerprint density at radius 1 is 1.26 bits per heavy atom. The molecule has 4 heteroatoms. The molecule has 1 aromatic heterocycles. The lowest BCUT2D eigenvalue weighted by molar-refractivity contribution is -0.00775. The van der Waals surface area contributed by atoms with Crippen LogP contribution in [0.2, 0.25) is 0 Å². The molecule has 102 valence electrons. The van der Waals surface area contributed by atoms with E-state index in [1.165, 1.54) is 19.3 Å². The molecule has 1 aromatic rings. The Bertz CT molecular complexity index is 511. The van der Waals surface area contributed by atoms with Crippen LogP contribution in [0.5, 0.6) is 0 Å². The SMILES string of the molecule is Cn1cnc(C23CC4CC(CC(C4)C2)C3)c1C(=O)O. The number of carboxylic acids is 1. The molecule has 4 saturated carbocycles. The van der Waals surface area contributed by atoms with Crippen LogP contribution in [0.25, 0.3) is 0 Å². The maximum atomic E-state index is 11.5. The van der Waals surface area contributed by atoms with Crippen LogP contribution in [0.3, 0.4) is 0 Å². The Morgan fingerprint density at radius 2 is 1.79 bits per heavy atom. The molecule has 4 bridgehead atoms. The summed E-state index contributed by atoms with van der Waals surface area (Å²) < 4.78 is 1.68. The highest BCUT2D eigenvalue weighted by Gasteiger charge is 2.53. The van der Waals surface area contributed by atoms with Crippen molar-refractivity contribution in [2.24, 2.45) is 24.8 Å². The zero-order valence-electron chi connectivity index (χ0n) is 11.3. The number of carboxylic acid groups (broad SMARTS) is 1. The van der Waals surface area contributed by atoms with Gasteiger partial charge in [0.2, 0.25) is 0 Å². The van der Waals surface area contributed by atoms with Crippen molar-refractivity contribution in [3.63, 3.8) is 0 Å². The first-order valence-corrected chi connectivity index (χ1v) is 7.32. The molecule has 0 unspecified atom stereocenters. The van der Waals surface area contributed by atoms with E-state index in [2.05, 4.69) is 4.98 Å². The molecule has 0 amide bonds. The maximum absolute atomic E-state index is 11.5. The Balaban J connectivity index is 1.82. The minimum absolute atomic E-state index is 0.0731. The van der Waals surface area contributed by atoms with Crippen molar-refractivity contribution in [2.45, 2.75) is 43.9 Å². The van der Waals surface area contributed by atoms with Crippen LogP contribution >= 0.6 is 0 Å². The Labute approximate surface area is 112 Å². The second-order valence-electron chi connectivity index (χ2n) is 7.06. The highest BCUT2D eigenvalue weighted by Crippen LogP contribution is 2.60. The van der Waals surface area contributed by atoms with Crippen LogP contribution in [0.4, 0.5) is 0 Å². The van der Waals surface area contributed by atoms with E-state index in [9.17, 15) is 9.90 Å². The van der Waals surface area contributed by atoms with Gasteiger partial charge >= 0.3 is 5.97 Å². The molecule has 0 aliphatic heterocycles. The summed E-state index contributed by atoms with van der Waals surface area (Å²) in [6, 6.07) is 0. The van der Waals surface area contributed by atoms with Gasteiger partial charge in [0.05, 0.1) is 12.0 Å². The minimum Gasteiger partial charge on any atom is -0.477 e. The fraction of sp³-hybridized carbons (Fsp3) is 0.733. The number of nitrogens with zero attached hydrogens (tertiary/aromatic N) is 2. The van der Waals surface area contributed by atoms with Crippen molar-refractivity contribution < 1.29 is 9.90 Å². The van der Waals surface area contributed by atoms with Gasteiger partial charge in [0, 0.05) is 12.5 Å². The average molecular weight is 260 g/mol. The summed E-state index contributed by atoms with van der Waals surface area (Å²) in [5.41, 5.74) is 1.37. The quantitative estimate of drug-likeness (QED) is 0.889. The van der Waals surface area contributed by atoms with Crippen LogP contribution in [0.15, 0.2) is 6.33 Å². The van der Waals surface area contributed by atoms with Crippen molar-refractivity contribution >= 4 is 5.97 Å². The van der Waals surface area contributed by atoms with Gasteiger partial charge in [-0.05, 0) is 56.3 Å². The van der Waals surface area contributed by atoms with E-state index in [-0.39, 0.29) is 5.41 Å². The Kier molecular flexibility index (Phi) is 2.19. The molecule has 0 atom stereocenters. The summed E-state index contributed by atoms with van der Waals surface area (Å²) in [6.07, 6.45) is 9.28. The average Bonchev–Trinajstić information content (AvgIpc) is 2.70. The van der Waals surface area contributed by atoms with E-state index in [0.717, 1.165) is 42.7 Å². The summed E-state index contributed by atoms with van der Waals surface area (Å²) in [6.45, 7) is 0. The number of hydrogen-bond acceptors (Lipinski definition) is 2. The van der Waals surface area contributed by atoms with Crippen LogP contribution in [-0.4, -0.2) is 20.6 Å². The highest BCUT2D eigenvalue weighted by molar-refractivity contribution is 5.87. The first-order chi connectivity index (χ1) is 9.07. The maximum Gasteiger partial charge on any atom is 0.354 e. The van der Waals surface area contributed by atoms with E-state index in [4.69, 9.17) is 0 Å². The van der Waals surface area contributed by atoms with Gasteiger partial charge in [0.25, 0.3) is 0 Å². The molecule has 0 saturated heterocycles. The number of carbonyl (C=O) groups is 1. The normalized spacial score (nSPS) is 39.7. The topological polar surface area (TPSA) is 55.1 Å². The molecule has 4 fully saturated rings. The minimum atomic E-state index is -0.828. The molecule has 0 aromatic carbocycles. The predicted molar refractivity (Wildman–Crippen MR) is 70.0 cm³/mol. The third kappa shape index (κ3) is 1.52. The van der Waals surface area contributed by atoms with Gasteiger partial charge in [0.15, 0.2) is 5.69 Å². The van der Waals surface area contributed by atoms with E-state index in [0.29, 0.717) is 5.69 Å². The second-order valence-corrected chi connectivity index (χ2v) is 7.06. The van der Waals surface area contributed by atoms with Crippen LogP contribution in [0, 0.1) is 17.8 Å². The number of imidazole rings is 1. The Hall–Kier alpha value is -1.32. The van der Waals surface area contributed by atoms with Gasteiger partial charge in [-0.25, -0.2) is 9.78 Å². The molecule has 0 radical (unpaired) electrons. The van der Waals surface area contributed by atoms with Gasteiger partial charge in [-0.15, -0.1) is 0 Å². The summed E-state index contributed by atoms with van der Waals surface area (Å²) in [7, 11) is 1.79. The molecule has 1 heterocycles. The van der Waals surface area contributed by atoms with Crippen LogP contribution in [0.1, 0.15) is 54.7 Å². The molecule has 4 aliphatic rings. The smallest absolute Gasteiger partial charge is 0.354 e. The first kappa shape index (κ1) is 11.5. The third-order valence-electron chi connectivity index (χ3n) is 5.68.